The van der Waals surface area contributed by atoms with Crippen LogP contribution < -0.4 is 11.2 Å². The molecule has 0 spiro atoms. The van der Waals surface area contributed by atoms with E-state index >= 15 is 0 Å². The van der Waals surface area contributed by atoms with Gasteiger partial charge in [-0.3, -0.25) is 9.69 Å². The Hall–Kier alpha value is -4.12. The molecule has 0 unspecified atom stereocenters. The number of aromatic nitrogens is 3. The second kappa shape index (κ2) is 10.7. The smallest absolute Gasteiger partial charge is 0.410 e. The normalized spacial score (nSPS) is 15.7. The summed E-state index contributed by atoms with van der Waals surface area (Å²) in [5.41, 5.74) is -0.0119. The van der Waals surface area contributed by atoms with Crippen molar-refractivity contribution in [1.82, 2.24) is 19.5 Å². The zero-order chi connectivity index (χ0) is 27.6. The number of anilines is 1. The number of piperidine rings is 1. The van der Waals surface area contributed by atoms with Crippen molar-refractivity contribution in [1.29, 1.82) is 0 Å². The highest BCUT2D eigenvalue weighted by Gasteiger charge is 2.36. The molecule has 4 N–H and O–H groups in total. The number of hydrogen-bond acceptors (Lipinski definition) is 7. The lowest BCUT2D eigenvalue weighted by atomic mass is 10.0. The van der Waals surface area contributed by atoms with Crippen LogP contribution in [0.25, 0.3) is 11.3 Å². The monoisotopic (exact) mass is 540 g/mol. The Morgan fingerprint density at radius 1 is 1.16 bits per heavy atom. The Balaban J connectivity index is 1.64. The number of ether oxygens (including phenoxy) is 1. The number of imidazole rings is 1. The molecule has 0 saturated carbocycles. The van der Waals surface area contributed by atoms with Crippen molar-refractivity contribution >= 4 is 35.4 Å². The van der Waals surface area contributed by atoms with Gasteiger partial charge in [0.05, 0.1) is 6.04 Å². The van der Waals surface area contributed by atoms with Gasteiger partial charge >= 0.3 is 12.1 Å². The Morgan fingerprint density at radius 3 is 2.50 bits per heavy atom. The molecule has 12 heteroatoms. The number of amides is 2. The van der Waals surface area contributed by atoms with Gasteiger partial charge in [-0.05, 0) is 64.3 Å². The summed E-state index contributed by atoms with van der Waals surface area (Å²) in [5.74, 6) is 5.12. The van der Waals surface area contributed by atoms with Crippen LogP contribution in [0.4, 0.5) is 10.6 Å². The van der Waals surface area contributed by atoms with Gasteiger partial charge in [-0.15, -0.1) is 0 Å². The molecule has 0 bridgehead atoms. The summed E-state index contributed by atoms with van der Waals surface area (Å²) >= 11 is 5.94. The number of nitrogens with two attached hydrogens (primary N) is 1. The molecule has 3 heterocycles. The number of carboxylic acid groups (broad SMARTS) is 1. The third-order valence-electron chi connectivity index (χ3n) is 5.95. The zero-order valence-electron chi connectivity index (χ0n) is 21.3. The van der Waals surface area contributed by atoms with Crippen molar-refractivity contribution < 1.29 is 24.2 Å². The Labute approximate surface area is 224 Å². The van der Waals surface area contributed by atoms with E-state index in [4.69, 9.17) is 22.2 Å². The first kappa shape index (κ1) is 26.9. The van der Waals surface area contributed by atoms with Crippen molar-refractivity contribution in [3.63, 3.8) is 0 Å². The van der Waals surface area contributed by atoms with E-state index in [0.717, 1.165) is 17.5 Å². The molecular weight excluding hydrogens is 512 g/mol. The van der Waals surface area contributed by atoms with E-state index in [9.17, 15) is 19.5 Å². The molecule has 0 aliphatic carbocycles. The van der Waals surface area contributed by atoms with Gasteiger partial charge in [0.25, 0.3) is 5.91 Å². The minimum Gasteiger partial charge on any atom is -0.476 e. The number of nitrogen functional groups attached to an aromatic ring is 1. The molecular formula is C26H29ClN6O5. The predicted octanol–water partition coefficient (Wildman–Crippen LogP) is 4.72. The van der Waals surface area contributed by atoms with Crippen LogP contribution in [0, 0.1) is 0 Å². The van der Waals surface area contributed by atoms with Gasteiger partial charge in [0.2, 0.25) is 0 Å². The number of benzene rings is 1. The summed E-state index contributed by atoms with van der Waals surface area (Å²) in [6.07, 6.45) is 3.13. The van der Waals surface area contributed by atoms with Crippen molar-refractivity contribution in [3.05, 3.63) is 64.7 Å². The van der Waals surface area contributed by atoms with Crippen molar-refractivity contribution in [2.75, 3.05) is 17.7 Å². The average Bonchev–Trinajstić information content (AvgIpc) is 3.20. The van der Waals surface area contributed by atoms with Gasteiger partial charge in [-0.2, -0.15) is 0 Å². The van der Waals surface area contributed by atoms with Crippen LogP contribution in [-0.2, 0) is 4.74 Å². The van der Waals surface area contributed by atoms with Gasteiger partial charge in [0.15, 0.2) is 11.5 Å². The third kappa shape index (κ3) is 5.88. The fourth-order valence-corrected chi connectivity index (χ4v) is 4.43. The van der Waals surface area contributed by atoms with Crippen molar-refractivity contribution in [2.45, 2.75) is 51.7 Å². The van der Waals surface area contributed by atoms with E-state index < -0.39 is 29.6 Å². The number of rotatable bonds is 5. The second-order valence-corrected chi connectivity index (χ2v) is 10.4. The van der Waals surface area contributed by atoms with Crippen LogP contribution in [0.2, 0.25) is 5.02 Å². The number of aromatic carboxylic acids is 1. The fourth-order valence-electron chi connectivity index (χ4n) is 4.27. The predicted molar refractivity (Wildman–Crippen MR) is 142 cm³/mol. The lowest BCUT2D eigenvalue weighted by molar-refractivity contribution is 0.00821. The first-order valence-electron chi connectivity index (χ1n) is 12.1. The highest BCUT2D eigenvalue weighted by molar-refractivity contribution is 6.30. The van der Waals surface area contributed by atoms with Crippen LogP contribution >= 0.6 is 11.6 Å². The number of halogens is 1. The van der Waals surface area contributed by atoms with Crippen molar-refractivity contribution in [3.8, 4) is 11.3 Å². The summed E-state index contributed by atoms with van der Waals surface area (Å²) in [7, 11) is 0. The number of carboxylic acids is 1. The maximum Gasteiger partial charge on any atom is 0.410 e. The summed E-state index contributed by atoms with van der Waals surface area (Å²) in [4.78, 5) is 47.9. The topological polar surface area (TPSA) is 153 Å². The maximum atomic E-state index is 12.9. The number of carbonyl (C=O) groups is 3. The fraction of sp³-hybridized carbons (Fsp3) is 0.346. The van der Waals surface area contributed by atoms with Crippen LogP contribution in [0.5, 0.6) is 0 Å². The molecule has 1 saturated heterocycles. The van der Waals surface area contributed by atoms with E-state index in [-0.39, 0.29) is 17.2 Å². The highest BCUT2D eigenvalue weighted by Crippen LogP contribution is 2.34. The van der Waals surface area contributed by atoms with Gasteiger partial charge in [0.1, 0.15) is 17.1 Å². The van der Waals surface area contributed by atoms with E-state index in [1.807, 2.05) is 0 Å². The second-order valence-electron chi connectivity index (χ2n) is 9.92. The van der Waals surface area contributed by atoms with Crippen LogP contribution in [0.3, 0.4) is 0 Å². The molecule has 1 aliphatic rings. The molecule has 200 valence electrons. The molecule has 1 fully saturated rings. The molecule has 2 aromatic heterocycles. The van der Waals surface area contributed by atoms with E-state index in [1.54, 1.807) is 56.0 Å². The van der Waals surface area contributed by atoms with Crippen LogP contribution in [0.1, 0.15) is 72.7 Å². The van der Waals surface area contributed by atoms with E-state index in [1.165, 1.54) is 12.3 Å². The largest absolute Gasteiger partial charge is 0.476 e. The standard InChI is InChI=1S/C26H29ClN6O5/c1-26(2,3)38-25(37)32-13-5-4-6-18(32)22-31-20(21(24(35)36)33(22)28)15-7-9-16(10-8-15)23(34)30-19-14-17(27)11-12-29-19/h7-12,14,18H,4-6,13,28H2,1-3H3,(H,35,36)(H,29,30,34)/t18-/m0/s1. The summed E-state index contributed by atoms with van der Waals surface area (Å²) in [6.45, 7) is 5.78. The lowest BCUT2D eigenvalue weighted by Gasteiger charge is -2.36. The number of carbonyl (C=O) groups excluding carboxylic acids is 2. The Bertz CT molecular complexity index is 1370. The van der Waals surface area contributed by atoms with Gasteiger partial charge in [-0.25, -0.2) is 24.2 Å². The van der Waals surface area contributed by atoms with Crippen LogP contribution in [-0.4, -0.2) is 54.8 Å². The van der Waals surface area contributed by atoms with Gasteiger partial charge in [0, 0.05) is 28.9 Å². The summed E-state index contributed by atoms with van der Waals surface area (Å²) in [5, 5.41) is 13.0. The summed E-state index contributed by atoms with van der Waals surface area (Å²) < 4.78 is 6.59. The summed E-state index contributed by atoms with van der Waals surface area (Å²) in [6, 6.07) is 8.83. The van der Waals surface area contributed by atoms with Gasteiger partial charge < -0.3 is 21.0 Å². The quantitative estimate of drug-likeness (QED) is 0.393. The lowest BCUT2D eigenvalue weighted by Crippen LogP contribution is -2.43. The zero-order valence-corrected chi connectivity index (χ0v) is 22.0. The molecule has 11 nitrogen and oxygen atoms in total. The molecule has 1 aromatic carbocycles. The number of pyridine rings is 1. The number of nitrogens with zero attached hydrogens (tertiary/aromatic N) is 4. The minimum atomic E-state index is -1.27. The van der Waals surface area contributed by atoms with E-state index in [0.29, 0.717) is 34.9 Å². The third-order valence-corrected chi connectivity index (χ3v) is 6.19. The SMILES string of the molecule is CC(C)(C)OC(=O)N1CCCC[C@H]1c1nc(-c2ccc(C(=O)Nc3cc(Cl)ccn3)cc2)c(C(=O)O)n1N. The van der Waals surface area contributed by atoms with Crippen molar-refractivity contribution in [2.24, 2.45) is 0 Å². The molecule has 1 aliphatic heterocycles. The van der Waals surface area contributed by atoms with E-state index in [2.05, 4.69) is 15.3 Å². The Morgan fingerprint density at radius 2 is 1.87 bits per heavy atom. The molecule has 2 amide bonds. The minimum absolute atomic E-state index is 0.133. The first-order valence-corrected chi connectivity index (χ1v) is 12.5. The molecule has 4 rings (SSSR count). The Kier molecular flexibility index (Phi) is 7.58. The van der Waals surface area contributed by atoms with Crippen LogP contribution in [0.15, 0.2) is 42.6 Å². The number of likely N-dealkylation sites (tertiary alicyclic amines) is 1. The molecule has 1 atom stereocenters. The number of hydrogen-bond donors (Lipinski definition) is 3. The molecule has 3 aromatic rings. The van der Waals surface area contributed by atoms with Gasteiger partial charge in [-0.1, -0.05) is 23.7 Å². The molecule has 38 heavy (non-hydrogen) atoms. The first-order chi connectivity index (χ1) is 17.9. The average molecular weight is 541 g/mol. The number of nitrogens with one attached hydrogen (secondary N) is 1. The highest BCUT2D eigenvalue weighted by atomic mass is 35.5. The molecule has 0 radical (unpaired) electrons. The maximum absolute atomic E-state index is 12.9.